The number of thiophene rings is 1. The quantitative estimate of drug-likeness (QED) is 0.368. The molecule has 0 radical (unpaired) electrons. The molecular formula is C19H20FN3O2S2. The second kappa shape index (κ2) is 8.67. The molecule has 2 heterocycles. The van der Waals surface area contributed by atoms with Crippen LogP contribution in [0.5, 0.6) is 0 Å². The lowest BCUT2D eigenvalue weighted by Gasteiger charge is -2.13. The molecule has 0 aliphatic heterocycles. The highest BCUT2D eigenvalue weighted by Gasteiger charge is 2.16. The fourth-order valence-electron chi connectivity index (χ4n) is 2.57. The molecule has 0 saturated carbocycles. The average molecular weight is 406 g/mol. The molecule has 0 unspecified atom stereocenters. The Morgan fingerprint density at radius 1 is 1.37 bits per heavy atom. The molecule has 0 spiro atoms. The lowest BCUT2D eigenvalue weighted by atomic mass is 10.2. The number of nitrogens with zero attached hydrogens (tertiary/aromatic N) is 2. The van der Waals surface area contributed by atoms with Crippen LogP contribution in [0.25, 0.3) is 15.9 Å². The van der Waals surface area contributed by atoms with Gasteiger partial charge in [-0.2, -0.15) is 0 Å². The monoisotopic (exact) mass is 405 g/mol. The van der Waals surface area contributed by atoms with Gasteiger partial charge < -0.3 is 5.32 Å². The van der Waals surface area contributed by atoms with Crippen LogP contribution < -0.4 is 10.9 Å². The van der Waals surface area contributed by atoms with E-state index in [0.29, 0.717) is 33.2 Å². The lowest BCUT2D eigenvalue weighted by Crippen LogP contribution is -2.27. The van der Waals surface area contributed by atoms with E-state index >= 15 is 0 Å². The van der Waals surface area contributed by atoms with Crippen LogP contribution in [-0.4, -0.2) is 27.8 Å². The number of unbranched alkanes of at least 4 members (excludes halogenated alkanes) is 1. The largest absolute Gasteiger partial charge is 0.355 e. The van der Waals surface area contributed by atoms with E-state index in [2.05, 4.69) is 17.2 Å². The number of amides is 1. The van der Waals surface area contributed by atoms with E-state index in [0.717, 1.165) is 12.8 Å². The van der Waals surface area contributed by atoms with Gasteiger partial charge in [-0.05, 0) is 48.6 Å². The summed E-state index contributed by atoms with van der Waals surface area (Å²) >= 11 is 2.52. The zero-order chi connectivity index (χ0) is 19.4. The van der Waals surface area contributed by atoms with Crippen LogP contribution in [0.15, 0.2) is 39.6 Å². The van der Waals surface area contributed by atoms with Crippen molar-refractivity contribution < 1.29 is 9.18 Å². The first-order chi connectivity index (χ1) is 13.0. The zero-order valence-corrected chi connectivity index (χ0v) is 16.8. The molecule has 1 aromatic carbocycles. The number of carbonyl (C=O) groups is 1. The van der Waals surface area contributed by atoms with Gasteiger partial charge in [0.2, 0.25) is 5.91 Å². The molecule has 2 aromatic heterocycles. The number of benzene rings is 1. The van der Waals surface area contributed by atoms with E-state index in [9.17, 15) is 14.0 Å². The summed E-state index contributed by atoms with van der Waals surface area (Å²) in [5.41, 5.74) is 1.37. The van der Waals surface area contributed by atoms with Gasteiger partial charge in [-0.3, -0.25) is 14.2 Å². The summed E-state index contributed by atoms with van der Waals surface area (Å²) in [5.74, 6) is -0.275. The molecule has 3 aromatic rings. The molecule has 0 fully saturated rings. The minimum atomic E-state index is -0.332. The maximum Gasteiger partial charge on any atom is 0.276 e. The van der Waals surface area contributed by atoms with Crippen LogP contribution in [0.1, 0.15) is 25.3 Å². The van der Waals surface area contributed by atoms with E-state index in [4.69, 9.17) is 0 Å². The average Bonchev–Trinajstić information content (AvgIpc) is 3.12. The van der Waals surface area contributed by atoms with Crippen LogP contribution in [0, 0.1) is 12.7 Å². The summed E-state index contributed by atoms with van der Waals surface area (Å²) in [6.45, 7) is 4.34. The number of rotatable bonds is 7. The van der Waals surface area contributed by atoms with Gasteiger partial charge in [0.1, 0.15) is 10.5 Å². The molecule has 0 atom stereocenters. The minimum Gasteiger partial charge on any atom is -0.355 e. The fraction of sp³-hybridized carbons (Fsp3) is 0.316. The van der Waals surface area contributed by atoms with E-state index in [1.54, 1.807) is 25.1 Å². The summed E-state index contributed by atoms with van der Waals surface area (Å²) in [6.07, 6.45) is 1.93. The van der Waals surface area contributed by atoms with Crippen LogP contribution in [-0.2, 0) is 4.79 Å². The van der Waals surface area contributed by atoms with E-state index < -0.39 is 0 Å². The molecule has 8 heteroatoms. The van der Waals surface area contributed by atoms with Gasteiger partial charge in [-0.1, -0.05) is 25.1 Å². The summed E-state index contributed by atoms with van der Waals surface area (Å²) in [7, 11) is 0. The number of hydrogen-bond donors (Lipinski definition) is 1. The Labute approximate surface area is 164 Å². The summed E-state index contributed by atoms with van der Waals surface area (Å²) < 4.78 is 15.7. The highest BCUT2D eigenvalue weighted by molar-refractivity contribution is 7.99. The Morgan fingerprint density at radius 3 is 2.93 bits per heavy atom. The second-order valence-electron chi connectivity index (χ2n) is 6.10. The van der Waals surface area contributed by atoms with Gasteiger partial charge in [0.25, 0.3) is 5.56 Å². The van der Waals surface area contributed by atoms with Crippen molar-refractivity contribution in [2.45, 2.75) is 31.8 Å². The molecule has 0 bridgehead atoms. The molecule has 3 rings (SSSR count). The Kier molecular flexibility index (Phi) is 6.28. The molecule has 0 saturated heterocycles. The molecular weight excluding hydrogens is 385 g/mol. The maximum absolute atomic E-state index is 13.7. The topological polar surface area (TPSA) is 64.0 Å². The highest BCUT2D eigenvalue weighted by atomic mass is 32.2. The SMILES string of the molecule is CCCCNC(=O)CSc1nc2ccsc2c(=O)n1-c1ccc(F)c(C)c1. The van der Waals surface area contributed by atoms with Crippen molar-refractivity contribution in [3.8, 4) is 5.69 Å². The minimum absolute atomic E-state index is 0.102. The van der Waals surface area contributed by atoms with Crippen molar-refractivity contribution in [3.05, 3.63) is 51.4 Å². The summed E-state index contributed by atoms with van der Waals surface area (Å²) in [5, 5.41) is 5.08. The zero-order valence-electron chi connectivity index (χ0n) is 15.1. The standard InChI is InChI=1S/C19H20FN3O2S2/c1-3-4-8-21-16(24)11-27-19-22-15-7-9-26-17(15)18(25)23(19)13-5-6-14(20)12(2)10-13/h5-7,9-10H,3-4,8,11H2,1-2H3,(H,21,24). The van der Waals surface area contributed by atoms with E-state index in [-0.39, 0.29) is 23.0 Å². The number of nitrogens with one attached hydrogen (secondary N) is 1. The van der Waals surface area contributed by atoms with Crippen molar-refractivity contribution in [2.24, 2.45) is 0 Å². The molecule has 0 aliphatic carbocycles. The van der Waals surface area contributed by atoms with Gasteiger partial charge in [0, 0.05) is 6.54 Å². The molecule has 0 aliphatic rings. The Balaban J connectivity index is 1.96. The number of aryl methyl sites for hydroxylation is 1. The number of thioether (sulfide) groups is 1. The molecule has 27 heavy (non-hydrogen) atoms. The van der Waals surface area contributed by atoms with Crippen LogP contribution in [0.2, 0.25) is 0 Å². The third kappa shape index (κ3) is 4.39. The second-order valence-corrected chi connectivity index (χ2v) is 7.95. The number of aromatic nitrogens is 2. The van der Waals surface area contributed by atoms with Crippen LogP contribution in [0.4, 0.5) is 4.39 Å². The third-order valence-corrected chi connectivity index (χ3v) is 5.86. The Morgan fingerprint density at radius 2 is 2.19 bits per heavy atom. The molecule has 1 N–H and O–H groups in total. The van der Waals surface area contributed by atoms with Crippen molar-refractivity contribution in [1.29, 1.82) is 0 Å². The summed E-state index contributed by atoms with van der Waals surface area (Å²) in [4.78, 5) is 29.6. The van der Waals surface area contributed by atoms with Crippen molar-refractivity contribution in [2.75, 3.05) is 12.3 Å². The number of carbonyl (C=O) groups excluding carboxylic acids is 1. The van der Waals surface area contributed by atoms with Gasteiger partial charge in [-0.15, -0.1) is 11.3 Å². The Bertz CT molecular complexity index is 1030. The summed E-state index contributed by atoms with van der Waals surface area (Å²) in [6, 6.07) is 6.29. The van der Waals surface area contributed by atoms with Crippen LogP contribution >= 0.6 is 23.1 Å². The normalized spacial score (nSPS) is 11.1. The number of hydrogen-bond acceptors (Lipinski definition) is 5. The van der Waals surface area contributed by atoms with Crippen molar-refractivity contribution >= 4 is 39.2 Å². The molecule has 1 amide bonds. The smallest absolute Gasteiger partial charge is 0.276 e. The van der Waals surface area contributed by atoms with E-state index in [1.165, 1.54) is 33.7 Å². The van der Waals surface area contributed by atoms with Gasteiger partial charge in [-0.25, -0.2) is 9.37 Å². The first kappa shape index (κ1) is 19.6. The Hall–Kier alpha value is -2.19. The first-order valence-corrected chi connectivity index (χ1v) is 10.5. The maximum atomic E-state index is 13.7. The predicted octanol–water partition coefficient (Wildman–Crippen LogP) is 3.90. The highest BCUT2D eigenvalue weighted by Crippen LogP contribution is 2.24. The van der Waals surface area contributed by atoms with Gasteiger partial charge >= 0.3 is 0 Å². The predicted molar refractivity (Wildman–Crippen MR) is 109 cm³/mol. The fourth-order valence-corrected chi connectivity index (χ4v) is 4.17. The third-order valence-electron chi connectivity index (χ3n) is 4.03. The number of fused-ring (bicyclic) bond motifs is 1. The van der Waals surface area contributed by atoms with Gasteiger partial charge in [0.05, 0.1) is 17.0 Å². The molecule has 142 valence electrons. The first-order valence-electron chi connectivity index (χ1n) is 8.67. The van der Waals surface area contributed by atoms with Crippen molar-refractivity contribution in [1.82, 2.24) is 14.9 Å². The van der Waals surface area contributed by atoms with E-state index in [1.807, 2.05) is 5.38 Å². The molecule has 5 nitrogen and oxygen atoms in total. The number of halogens is 1. The van der Waals surface area contributed by atoms with Gasteiger partial charge in [0.15, 0.2) is 5.16 Å². The van der Waals surface area contributed by atoms with Crippen LogP contribution in [0.3, 0.4) is 0 Å². The van der Waals surface area contributed by atoms with Crippen molar-refractivity contribution in [3.63, 3.8) is 0 Å². The lowest BCUT2D eigenvalue weighted by molar-refractivity contribution is -0.118.